The SMILES string of the molecule is CCC(NC(=O)CCCn1nc(C)cc1C)C(=O)O. The molecule has 0 aliphatic heterocycles. The second-order valence-corrected chi connectivity index (χ2v) is 4.62. The average Bonchev–Trinajstić information content (AvgIpc) is 2.64. The predicted octanol–water partition coefficient (Wildman–Crippen LogP) is 1.26. The van der Waals surface area contributed by atoms with Gasteiger partial charge in [0.25, 0.3) is 0 Å². The van der Waals surface area contributed by atoms with E-state index >= 15 is 0 Å². The molecule has 1 amide bonds. The number of carbonyl (C=O) groups excluding carboxylic acids is 1. The molecule has 0 aliphatic carbocycles. The number of nitrogens with zero attached hydrogens (tertiary/aromatic N) is 2. The molecule has 6 nitrogen and oxygen atoms in total. The summed E-state index contributed by atoms with van der Waals surface area (Å²) in [4.78, 5) is 22.4. The number of rotatable bonds is 7. The molecule has 1 aromatic heterocycles. The van der Waals surface area contributed by atoms with Gasteiger partial charge in [0.05, 0.1) is 5.69 Å². The van der Waals surface area contributed by atoms with Crippen LogP contribution in [0.15, 0.2) is 6.07 Å². The highest BCUT2D eigenvalue weighted by molar-refractivity contribution is 5.83. The first-order valence-corrected chi connectivity index (χ1v) is 6.47. The summed E-state index contributed by atoms with van der Waals surface area (Å²) in [6, 6.07) is 1.19. The van der Waals surface area contributed by atoms with Gasteiger partial charge in [-0.15, -0.1) is 0 Å². The molecule has 1 heterocycles. The lowest BCUT2D eigenvalue weighted by Gasteiger charge is -2.12. The highest BCUT2D eigenvalue weighted by Crippen LogP contribution is 2.04. The van der Waals surface area contributed by atoms with Crippen molar-refractivity contribution in [3.63, 3.8) is 0 Å². The smallest absolute Gasteiger partial charge is 0.326 e. The molecule has 106 valence electrons. The monoisotopic (exact) mass is 267 g/mol. The van der Waals surface area contributed by atoms with Crippen LogP contribution < -0.4 is 5.32 Å². The van der Waals surface area contributed by atoms with Gasteiger partial charge in [-0.3, -0.25) is 9.48 Å². The Morgan fingerprint density at radius 2 is 2.16 bits per heavy atom. The Labute approximate surface area is 112 Å². The fourth-order valence-electron chi connectivity index (χ4n) is 1.90. The minimum atomic E-state index is -0.991. The van der Waals surface area contributed by atoms with Gasteiger partial charge >= 0.3 is 5.97 Å². The van der Waals surface area contributed by atoms with Crippen molar-refractivity contribution in [1.82, 2.24) is 15.1 Å². The average molecular weight is 267 g/mol. The zero-order chi connectivity index (χ0) is 14.4. The summed E-state index contributed by atoms with van der Waals surface area (Å²) in [5.41, 5.74) is 2.02. The van der Waals surface area contributed by atoms with Gasteiger partial charge in [-0.2, -0.15) is 5.10 Å². The van der Waals surface area contributed by atoms with E-state index in [9.17, 15) is 9.59 Å². The molecular weight excluding hydrogens is 246 g/mol. The molecule has 2 N–H and O–H groups in total. The maximum atomic E-state index is 11.6. The Bertz CT molecular complexity index is 454. The van der Waals surface area contributed by atoms with Crippen LogP contribution >= 0.6 is 0 Å². The molecule has 0 aromatic carbocycles. The minimum Gasteiger partial charge on any atom is -0.480 e. The Morgan fingerprint density at radius 3 is 2.63 bits per heavy atom. The van der Waals surface area contributed by atoms with Gasteiger partial charge in [0, 0.05) is 18.7 Å². The number of aryl methyl sites for hydroxylation is 3. The summed E-state index contributed by atoms with van der Waals surface area (Å²) in [6.07, 6.45) is 1.34. The van der Waals surface area contributed by atoms with Crippen LogP contribution in [-0.4, -0.2) is 32.8 Å². The van der Waals surface area contributed by atoms with E-state index < -0.39 is 12.0 Å². The molecule has 0 radical (unpaired) electrons. The highest BCUT2D eigenvalue weighted by atomic mass is 16.4. The molecular formula is C13H21N3O3. The van der Waals surface area contributed by atoms with E-state index in [1.54, 1.807) is 6.92 Å². The van der Waals surface area contributed by atoms with Crippen molar-refractivity contribution in [3.8, 4) is 0 Å². The van der Waals surface area contributed by atoms with E-state index in [1.165, 1.54) is 0 Å². The summed E-state index contributed by atoms with van der Waals surface area (Å²) >= 11 is 0. The number of aromatic nitrogens is 2. The lowest BCUT2D eigenvalue weighted by atomic mass is 10.2. The number of aliphatic carboxylic acids is 1. The standard InChI is InChI=1S/C13H21N3O3/c1-4-11(13(18)19)14-12(17)6-5-7-16-10(3)8-9(2)15-16/h8,11H,4-7H2,1-3H3,(H,14,17)(H,18,19). The van der Waals surface area contributed by atoms with Crippen molar-refractivity contribution in [1.29, 1.82) is 0 Å². The first-order chi connectivity index (χ1) is 8.93. The van der Waals surface area contributed by atoms with Crippen LogP contribution in [0.4, 0.5) is 0 Å². The molecule has 0 bridgehead atoms. The highest BCUT2D eigenvalue weighted by Gasteiger charge is 2.17. The molecule has 1 atom stereocenters. The topological polar surface area (TPSA) is 84.2 Å². The first kappa shape index (κ1) is 15.2. The molecule has 1 aromatic rings. The van der Waals surface area contributed by atoms with Crippen LogP contribution in [0, 0.1) is 13.8 Å². The van der Waals surface area contributed by atoms with Crippen molar-refractivity contribution in [3.05, 3.63) is 17.5 Å². The Balaban J connectivity index is 2.35. The second kappa shape index (κ2) is 6.92. The first-order valence-electron chi connectivity index (χ1n) is 6.47. The summed E-state index contributed by atoms with van der Waals surface area (Å²) in [5.74, 6) is -1.22. The molecule has 1 unspecified atom stereocenters. The van der Waals surface area contributed by atoms with E-state index in [0.717, 1.165) is 11.4 Å². The third kappa shape index (κ3) is 4.73. The molecule has 0 saturated carbocycles. The summed E-state index contributed by atoms with van der Waals surface area (Å²) in [6.45, 7) is 6.29. The zero-order valence-corrected chi connectivity index (χ0v) is 11.6. The van der Waals surface area contributed by atoms with Gasteiger partial charge in [-0.1, -0.05) is 6.92 Å². The summed E-state index contributed by atoms with van der Waals surface area (Å²) in [5, 5.41) is 15.6. The van der Waals surface area contributed by atoms with Crippen LogP contribution in [0.3, 0.4) is 0 Å². The third-order valence-corrected chi connectivity index (χ3v) is 2.92. The van der Waals surface area contributed by atoms with Crippen LogP contribution in [0.25, 0.3) is 0 Å². The Morgan fingerprint density at radius 1 is 1.47 bits per heavy atom. The summed E-state index contributed by atoms with van der Waals surface area (Å²) < 4.78 is 1.86. The van der Waals surface area contributed by atoms with Gasteiger partial charge in [-0.25, -0.2) is 4.79 Å². The van der Waals surface area contributed by atoms with E-state index in [0.29, 0.717) is 25.8 Å². The van der Waals surface area contributed by atoms with Crippen LogP contribution in [0.2, 0.25) is 0 Å². The Hall–Kier alpha value is -1.85. The number of hydrogen-bond donors (Lipinski definition) is 2. The molecule has 0 saturated heterocycles. The Kier molecular flexibility index (Phi) is 5.54. The lowest BCUT2D eigenvalue weighted by molar-refractivity contribution is -0.141. The molecule has 6 heteroatoms. The summed E-state index contributed by atoms with van der Waals surface area (Å²) in [7, 11) is 0. The van der Waals surface area contributed by atoms with Gasteiger partial charge in [-0.05, 0) is 32.8 Å². The number of carboxylic acids is 1. The number of nitrogens with one attached hydrogen (secondary N) is 1. The fraction of sp³-hybridized carbons (Fsp3) is 0.615. The third-order valence-electron chi connectivity index (χ3n) is 2.92. The van der Waals surface area contributed by atoms with E-state index in [4.69, 9.17) is 5.11 Å². The largest absolute Gasteiger partial charge is 0.480 e. The lowest BCUT2D eigenvalue weighted by Crippen LogP contribution is -2.40. The minimum absolute atomic E-state index is 0.226. The molecule has 0 spiro atoms. The van der Waals surface area contributed by atoms with E-state index in [1.807, 2.05) is 24.6 Å². The molecule has 0 fully saturated rings. The number of hydrogen-bond acceptors (Lipinski definition) is 3. The van der Waals surface area contributed by atoms with E-state index in [2.05, 4.69) is 10.4 Å². The zero-order valence-electron chi connectivity index (χ0n) is 11.6. The number of carbonyl (C=O) groups is 2. The van der Waals surface area contributed by atoms with Crippen molar-refractivity contribution in [2.24, 2.45) is 0 Å². The van der Waals surface area contributed by atoms with Gasteiger partial charge in [0.1, 0.15) is 6.04 Å². The van der Waals surface area contributed by atoms with Crippen LogP contribution in [0.1, 0.15) is 37.6 Å². The maximum Gasteiger partial charge on any atom is 0.326 e. The van der Waals surface area contributed by atoms with Gasteiger partial charge in [0.15, 0.2) is 0 Å². The number of amides is 1. The maximum absolute atomic E-state index is 11.6. The molecule has 1 rings (SSSR count). The van der Waals surface area contributed by atoms with Crippen molar-refractivity contribution >= 4 is 11.9 Å². The van der Waals surface area contributed by atoms with Crippen molar-refractivity contribution in [2.45, 2.75) is 52.6 Å². The number of carboxylic acid groups (broad SMARTS) is 1. The normalized spacial score (nSPS) is 12.2. The quantitative estimate of drug-likeness (QED) is 0.779. The fourth-order valence-corrected chi connectivity index (χ4v) is 1.90. The van der Waals surface area contributed by atoms with Gasteiger partial charge < -0.3 is 10.4 Å². The van der Waals surface area contributed by atoms with Crippen molar-refractivity contribution in [2.75, 3.05) is 0 Å². The molecule has 19 heavy (non-hydrogen) atoms. The second-order valence-electron chi connectivity index (χ2n) is 4.62. The van der Waals surface area contributed by atoms with E-state index in [-0.39, 0.29) is 5.91 Å². The van der Waals surface area contributed by atoms with Crippen molar-refractivity contribution < 1.29 is 14.7 Å². The molecule has 0 aliphatic rings. The van der Waals surface area contributed by atoms with Crippen LogP contribution in [-0.2, 0) is 16.1 Å². The van der Waals surface area contributed by atoms with Gasteiger partial charge in [0.2, 0.25) is 5.91 Å². The predicted molar refractivity (Wildman–Crippen MR) is 70.8 cm³/mol. The van der Waals surface area contributed by atoms with Crippen LogP contribution in [0.5, 0.6) is 0 Å².